The normalized spacial score (nSPS) is 15.2. The number of benzene rings is 3. The van der Waals surface area contributed by atoms with Crippen LogP contribution in [0.1, 0.15) is 29.2 Å². The molecule has 0 unspecified atom stereocenters. The number of aliphatic imine (C=N–C) groups is 1. The van der Waals surface area contributed by atoms with Gasteiger partial charge in [-0.05, 0) is 83.5 Å². The van der Waals surface area contributed by atoms with Gasteiger partial charge in [-0.3, -0.25) is 4.79 Å². The molecule has 3 aromatic rings. The van der Waals surface area contributed by atoms with Gasteiger partial charge >= 0.3 is 0 Å². The van der Waals surface area contributed by atoms with Crippen molar-refractivity contribution in [3.05, 3.63) is 92.3 Å². The van der Waals surface area contributed by atoms with E-state index in [4.69, 9.17) is 9.47 Å². The molecule has 0 aliphatic carbocycles. The molecule has 0 saturated carbocycles. The van der Waals surface area contributed by atoms with E-state index in [1.54, 1.807) is 12.1 Å². The molecule has 1 aliphatic rings. The van der Waals surface area contributed by atoms with E-state index in [-0.39, 0.29) is 12.5 Å². The fourth-order valence-corrected chi connectivity index (χ4v) is 4.76. The van der Waals surface area contributed by atoms with Crippen molar-refractivity contribution in [3.8, 4) is 17.6 Å². The number of nitriles is 1. The van der Waals surface area contributed by atoms with Crippen molar-refractivity contribution in [2.45, 2.75) is 20.5 Å². The number of hydrogen-bond donors (Lipinski definition) is 1. The van der Waals surface area contributed by atoms with Crippen LogP contribution < -0.4 is 14.8 Å². The van der Waals surface area contributed by atoms with E-state index in [9.17, 15) is 10.1 Å². The van der Waals surface area contributed by atoms with Gasteiger partial charge in [0.25, 0.3) is 5.91 Å². The summed E-state index contributed by atoms with van der Waals surface area (Å²) in [5, 5.41) is 12.7. The number of amidine groups is 1. The van der Waals surface area contributed by atoms with Crippen molar-refractivity contribution in [2.24, 2.45) is 4.99 Å². The fraction of sp³-hybridized carbons (Fsp3) is 0.148. The molecule has 35 heavy (non-hydrogen) atoms. The molecule has 0 aromatic heterocycles. The summed E-state index contributed by atoms with van der Waals surface area (Å²) in [5.41, 5.74) is 4.06. The zero-order valence-electron chi connectivity index (χ0n) is 19.2. The Labute approximate surface area is 216 Å². The van der Waals surface area contributed by atoms with Crippen LogP contribution in [0.25, 0.3) is 6.08 Å². The maximum atomic E-state index is 12.5. The van der Waals surface area contributed by atoms with Crippen molar-refractivity contribution >= 4 is 50.5 Å². The molecule has 1 saturated heterocycles. The second kappa shape index (κ2) is 11.3. The van der Waals surface area contributed by atoms with Gasteiger partial charge in [0.05, 0.1) is 33.3 Å². The molecule has 0 atom stereocenters. The topological polar surface area (TPSA) is 83.7 Å². The van der Waals surface area contributed by atoms with Gasteiger partial charge in [0, 0.05) is 5.56 Å². The SMILES string of the molecule is CCOc1cc(/C=C2/SC(=Nc3ccc(C)cc3)NC2=O)cc(Br)c1OCc1ccccc1C#N. The van der Waals surface area contributed by atoms with Crippen LogP contribution in [0.3, 0.4) is 0 Å². The van der Waals surface area contributed by atoms with Gasteiger partial charge in [-0.1, -0.05) is 35.9 Å². The molecule has 4 rings (SSSR count). The van der Waals surface area contributed by atoms with Crippen LogP contribution >= 0.6 is 27.7 Å². The Hall–Kier alpha value is -3.54. The molecule has 1 heterocycles. The molecule has 3 aromatic carbocycles. The third kappa shape index (κ3) is 6.13. The highest BCUT2D eigenvalue weighted by Crippen LogP contribution is 2.39. The molecule has 6 nitrogen and oxygen atoms in total. The average Bonchev–Trinajstić information content (AvgIpc) is 3.18. The van der Waals surface area contributed by atoms with Gasteiger partial charge < -0.3 is 14.8 Å². The highest BCUT2D eigenvalue weighted by molar-refractivity contribution is 9.10. The number of nitrogens with one attached hydrogen (secondary N) is 1. The molecule has 176 valence electrons. The van der Waals surface area contributed by atoms with E-state index < -0.39 is 0 Å². The van der Waals surface area contributed by atoms with E-state index >= 15 is 0 Å². The second-order valence-corrected chi connectivity index (χ2v) is 9.52. The molecular weight excluding hydrogens is 526 g/mol. The van der Waals surface area contributed by atoms with E-state index in [0.717, 1.165) is 22.4 Å². The van der Waals surface area contributed by atoms with E-state index in [2.05, 4.69) is 32.3 Å². The molecule has 0 spiro atoms. The summed E-state index contributed by atoms with van der Waals surface area (Å²) >= 11 is 4.86. The highest BCUT2D eigenvalue weighted by Gasteiger charge is 2.24. The number of halogens is 1. The van der Waals surface area contributed by atoms with Gasteiger partial charge in [0.15, 0.2) is 16.7 Å². The van der Waals surface area contributed by atoms with E-state index in [1.165, 1.54) is 11.8 Å². The third-order valence-corrected chi connectivity index (χ3v) is 6.55. The number of aryl methyl sites for hydroxylation is 1. The number of carbonyl (C=O) groups excluding carboxylic acids is 1. The first-order valence-electron chi connectivity index (χ1n) is 10.9. The van der Waals surface area contributed by atoms with Crippen LogP contribution in [0.4, 0.5) is 5.69 Å². The molecule has 8 heteroatoms. The predicted molar refractivity (Wildman–Crippen MR) is 143 cm³/mol. The number of amides is 1. The summed E-state index contributed by atoms with van der Waals surface area (Å²) in [6.45, 7) is 4.57. The van der Waals surface area contributed by atoms with Gasteiger partial charge in [-0.15, -0.1) is 0 Å². The maximum Gasteiger partial charge on any atom is 0.264 e. The van der Waals surface area contributed by atoms with Crippen LogP contribution in [-0.2, 0) is 11.4 Å². The number of hydrogen-bond acceptors (Lipinski definition) is 6. The third-order valence-electron chi connectivity index (χ3n) is 5.05. The molecule has 1 aliphatic heterocycles. The van der Waals surface area contributed by atoms with Crippen molar-refractivity contribution in [3.63, 3.8) is 0 Å². The zero-order valence-corrected chi connectivity index (χ0v) is 21.6. The zero-order chi connectivity index (χ0) is 24.8. The Balaban J connectivity index is 1.57. The van der Waals surface area contributed by atoms with Gasteiger partial charge in [0.2, 0.25) is 0 Å². The number of rotatable bonds is 7. The van der Waals surface area contributed by atoms with Crippen LogP contribution in [0, 0.1) is 18.3 Å². The van der Waals surface area contributed by atoms with Crippen LogP contribution in [0.15, 0.2) is 75.0 Å². The molecule has 1 fully saturated rings. The minimum absolute atomic E-state index is 0.205. The Bertz CT molecular complexity index is 1360. The fourth-order valence-electron chi connectivity index (χ4n) is 3.35. The summed E-state index contributed by atoms with van der Waals surface area (Å²) in [4.78, 5) is 17.6. The Morgan fingerprint density at radius 3 is 2.66 bits per heavy atom. The quantitative estimate of drug-likeness (QED) is 0.341. The van der Waals surface area contributed by atoms with Crippen LogP contribution in [0.2, 0.25) is 0 Å². The van der Waals surface area contributed by atoms with Crippen molar-refractivity contribution in [1.82, 2.24) is 5.32 Å². The van der Waals surface area contributed by atoms with Crippen molar-refractivity contribution in [1.29, 1.82) is 5.26 Å². The van der Waals surface area contributed by atoms with Gasteiger partial charge in [0.1, 0.15) is 6.61 Å². The van der Waals surface area contributed by atoms with E-state index in [1.807, 2.05) is 68.4 Å². The van der Waals surface area contributed by atoms with Crippen LogP contribution in [-0.4, -0.2) is 17.7 Å². The highest BCUT2D eigenvalue weighted by atomic mass is 79.9. The molecule has 1 amide bonds. The number of nitrogens with zero attached hydrogens (tertiary/aromatic N) is 2. The van der Waals surface area contributed by atoms with Crippen molar-refractivity contribution in [2.75, 3.05) is 6.61 Å². The monoisotopic (exact) mass is 547 g/mol. The van der Waals surface area contributed by atoms with E-state index in [0.29, 0.717) is 38.2 Å². The van der Waals surface area contributed by atoms with Crippen molar-refractivity contribution < 1.29 is 14.3 Å². The lowest BCUT2D eigenvalue weighted by Gasteiger charge is -2.15. The summed E-state index contributed by atoms with van der Waals surface area (Å²) < 4.78 is 12.5. The van der Waals surface area contributed by atoms with Crippen LogP contribution in [0.5, 0.6) is 11.5 Å². The number of ether oxygens (including phenoxy) is 2. The Morgan fingerprint density at radius 2 is 1.91 bits per heavy atom. The lowest BCUT2D eigenvalue weighted by Crippen LogP contribution is -2.19. The lowest BCUT2D eigenvalue weighted by molar-refractivity contribution is -0.115. The van der Waals surface area contributed by atoms with Gasteiger partial charge in [-0.2, -0.15) is 5.26 Å². The Morgan fingerprint density at radius 1 is 1.14 bits per heavy atom. The maximum absolute atomic E-state index is 12.5. The standard InChI is InChI=1S/C27H22BrN3O3S/c1-3-33-23-13-18(12-22(28)25(23)34-16-20-7-5-4-6-19(20)15-29)14-24-26(32)31-27(35-24)30-21-10-8-17(2)9-11-21/h4-14H,3,16H2,1-2H3,(H,30,31,32)/b24-14+. The first-order valence-corrected chi connectivity index (χ1v) is 12.5. The average molecular weight is 548 g/mol. The smallest absolute Gasteiger partial charge is 0.264 e. The molecular formula is C27H22BrN3O3S. The predicted octanol–water partition coefficient (Wildman–Crippen LogP) is 6.50. The number of carbonyl (C=O) groups is 1. The molecule has 0 radical (unpaired) electrons. The minimum Gasteiger partial charge on any atom is -0.490 e. The Kier molecular flexibility index (Phi) is 7.91. The summed E-state index contributed by atoms with van der Waals surface area (Å²) in [6.07, 6.45) is 1.79. The second-order valence-electron chi connectivity index (χ2n) is 7.64. The summed E-state index contributed by atoms with van der Waals surface area (Å²) in [7, 11) is 0. The minimum atomic E-state index is -0.205. The summed E-state index contributed by atoms with van der Waals surface area (Å²) in [5.74, 6) is 0.871. The summed E-state index contributed by atoms with van der Waals surface area (Å²) in [6, 6.07) is 21.0. The first-order chi connectivity index (χ1) is 17.0. The number of thioether (sulfide) groups is 1. The molecule has 0 bridgehead atoms. The largest absolute Gasteiger partial charge is 0.490 e. The lowest BCUT2D eigenvalue weighted by atomic mass is 10.1. The van der Waals surface area contributed by atoms with Gasteiger partial charge in [-0.25, -0.2) is 4.99 Å². The molecule has 1 N–H and O–H groups in total. The first kappa shape index (κ1) is 24.6.